The van der Waals surface area contributed by atoms with Gasteiger partial charge >= 0.3 is 5.63 Å². The van der Waals surface area contributed by atoms with Crippen LogP contribution in [0.15, 0.2) is 51.9 Å². The van der Waals surface area contributed by atoms with E-state index in [-0.39, 0.29) is 5.63 Å². The first kappa shape index (κ1) is 16.1. The SMILES string of the molecule is Cc1cn2cc(-c3cc4ccc(N5CCCC5)cc4oc3=O)cc2c(C)n1. The molecule has 0 N–H and O–H groups in total. The molecule has 136 valence electrons. The van der Waals surface area contributed by atoms with Gasteiger partial charge in [-0.15, -0.1) is 0 Å². The van der Waals surface area contributed by atoms with E-state index in [0.29, 0.717) is 11.1 Å². The monoisotopic (exact) mass is 359 g/mol. The molecule has 0 aliphatic carbocycles. The lowest BCUT2D eigenvalue weighted by Crippen LogP contribution is -2.17. The van der Waals surface area contributed by atoms with Gasteiger partial charge in [-0.3, -0.25) is 4.98 Å². The summed E-state index contributed by atoms with van der Waals surface area (Å²) >= 11 is 0. The second-order valence-electron chi connectivity index (χ2n) is 7.35. The molecule has 0 unspecified atom stereocenters. The van der Waals surface area contributed by atoms with Gasteiger partial charge in [0.05, 0.1) is 22.5 Å². The number of aryl methyl sites for hydroxylation is 2. The second kappa shape index (κ2) is 5.98. The van der Waals surface area contributed by atoms with Gasteiger partial charge in [0.15, 0.2) is 0 Å². The van der Waals surface area contributed by atoms with E-state index in [9.17, 15) is 4.79 Å². The van der Waals surface area contributed by atoms with E-state index < -0.39 is 0 Å². The van der Waals surface area contributed by atoms with E-state index in [0.717, 1.165) is 46.6 Å². The highest BCUT2D eigenvalue weighted by Gasteiger charge is 2.15. The summed E-state index contributed by atoms with van der Waals surface area (Å²) in [5.74, 6) is 0. The fourth-order valence-corrected chi connectivity index (χ4v) is 4.05. The molecule has 4 heterocycles. The fourth-order valence-electron chi connectivity index (χ4n) is 4.05. The third-order valence-electron chi connectivity index (χ3n) is 5.39. The van der Waals surface area contributed by atoms with Gasteiger partial charge in [-0.2, -0.15) is 0 Å². The summed E-state index contributed by atoms with van der Waals surface area (Å²) < 4.78 is 7.71. The summed E-state index contributed by atoms with van der Waals surface area (Å²) in [4.78, 5) is 19.5. The van der Waals surface area contributed by atoms with E-state index in [1.165, 1.54) is 12.8 Å². The molecule has 4 aromatic rings. The molecule has 1 saturated heterocycles. The lowest BCUT2D eigenvalue weighted by Gasteiger charge is -2.17. The van der Waals surface area contributed by atoms with Crippen molar-refractivity contribution in [3.63, 3.8) is 0 Å². The fraction of sp³-hybridized carbons (Fsp3) is 0.273. The van der Waals surface area contributed by atoms with Gasteiger partial charge in [0.25, 0.3) is 0 Å². The van der Waals surface area contributed by atoms with Crippen molar-refractivity contribution >= 4 is 22.2 Å². The third-order valence-corrected chi connectivity index (χ3v) is 5.39. The Kier molecular flexibility index (Phi) is 3.57. The number of anilines is 1. The molecule has 5 heteroatoms. The summed E-state index contributed by atoms with van der Waals surface area (Å²) in [7, 11) is 0. The van der Waals surface area contributed by atoms with Crippen LogP contribution in [0.5, 0.6) is 0 Å². The molecule has 1 fully saturated rings. The molecular formula is C22H21N3O2. The molecule has 1 aliphatic heterocycles. The van der Waals surface area contributed by atoms with Crippen LogP contribution >= 0.6 is 0 Å². The zero-order valence-corrected chi connectivity index (χ0v) is 15.5. The first-order valence-corrected chi connectivity index (χ1v) is 9.38. The van der Waals surface area contributed by atoms with Crippen molar-refractivity contribution in [2.75, 3.05) is 18.0 Å². The van der Waals surface area contributed by atoms with E-state index in [4.69, 9.17) is 4.42 Å². The maximum atomic E-state index is 12.7. The van der Waals surface area contributed by atoms with Gasteiger partial charge in [-0.1, -0.05) is 0 Å². The molecule has 1 aliphatic rings. The molecule has 0 amide bonds. The van der Waals surface area contributed by atoms with E-state index in [1.54, 1.807) is 0 Å². The van der Waals surface area contributed by atoms with E-state index in [2.05, 4.69) is 16.0 Å². The highest BCUT2D eigenvalue weighted by Crippen LogP contribution is 2.28. The minimum absolute atomic E-state index is 0.306. The number of nitrogens with zero attached hydrogens (tertiary/aromatic N) is 3. The van der Waals surface area contributed by atoms with Crippen molar-refractivity contribution < 1.29 is 4.42 Å². The number of fused-ring (bicyclic) bond motifs is 2. The molecule has 3 aromatic heterocycles. The predicted octanol–water partition coefficient (Wildman–Crippen LogP) is 4.32. The van der Waals surface area contributed by atoms with Gasteiger partial charge in [-0.05, 0) is 51.0 Å². The van der Waals surface area contributed by atoms with Crippen LogP contribution in [0.3, 0.4) is 0 Å². The first-order chi connectivity index (χ1) is 13.1. The average Bonchev–Trinajstić information content (AvgIpc) is 3.30. The number of hydrogen-bond acceptors (Lipinski definition) is 4. The zero-order valence-electron chi connectivity index (χ0n) is 15.5. The first-order valence-electron chi connectivity index (χ1n) is 9.38. The predicted molar refractivity (Wildman–Crippen MR) is 108 cm³/mol. The highest BCUT2D eigenvalue weighted by atomic mass is 16.4. The molecule has 0 bridgehead atoms. The van der Waals surface area contributed by atoms with Crippen molar-refractivity contribution in [1.29, 1.82) is 0 Å². The Morgan fingerprint density at radius 3 is 2.67 bits per heavy atom. The molecule has 1 aromatic carbocycles. The number of benzene rings is 1. The minimum Gasteiger partial charge on any atom is -0.422 e. The van der Waals surface area contributed by atoms with Gasteiger partial charge in [0, 0.05) is 48.2 Å². The molecule has 0 radical (unpaired) electrons. The Hall–Kier alpha value is -3.08. The van der Waals surface area contributed by atoms with Crippen molar-refractivity contribution in [3.05, 3.63) is 64.5 Å². The molecule has 5 rings (SSSR count). The van der Waals surface area contributed by atoms with Crippen molar-refractivity contribution in [2.24, 2.45) is 0 Å². The maximum Gasteiger partial charge on any atom is 0.344 e. The molecule has 0 saturated carbocycles. The summed E-state index contributed by atoms with van der Waals surface area (Å²) in [5, 5.41) is 0.939. The quantitative estimate of drug-likeness (QED) is 0.500. The van der Waals surface area contributed by atoms with E-state index in [1.807, 2.05) is 54.9 Å². The van der Waals surface area contributed by atoms with Crippen LogP contribution in [0.2, 0.25) is 0 Å². The largest absolute Gasteiger partial charge is 0.422 e. The number of aromatic nitrogens is 2. The lowest BCUT2D eigenvalue weighted by atomic mass is 10.1. The number of hydrogen-bond donors (Lipinski definition) is 0. The molecular weight excluding hydrogens is 338 g/mol. The Labute approximate surface area is 156 Å². The van der Waals surface area contributed by atoms with Crippen LogP contribution in [0.1, 0.15) is 24.2 Å². The Bertz CT molecular complexity index is 1230. The molecule has 27 heavy (non-hydrogen) atoms. The summed E-state index contributed by atoms with van der Waals surface area (Å²) in [6, 6.07) is 10.1. The van der Waals surface area contributed by atoms with Crippen LogP contribution in [-0.4, -0.2) is 22.5 Å². The average molecular weight is 359 g/mol. The van der Waals surface area contributed by atoms with E-state index >= 15 is 0 Å². The normalized spacial score (nSPS) is 14.5. The van der Waals surface area contributed by atoms with Crippen LogP contribution in [-0.2, 0) is 0 Å². The zero-order chi connectivity index (χ0) is 18.5. The topological polar surface area (TPSA) is 50.8 Å². The van der Waals surface area contributed by atoms with Crippen LogP contribution in [0, 0.1) is 13.8 Å². The van der Waals surface area contributed by atoms with Crippen molar-refractivity contribution in [3.8, 4) is 11.1 Å². The Morgan fingerprint density at radius 1 is 1.04 bits per heavy atom. The van der Waals surface area contributed by atoms with Crippen LogP contribution < -0.4 is 10.5 Å². The standard InChI is InChI=1S/C22H21N3O2/c1-14-12-25-13-17(10-20(25)15(2)23-14)19-9-16-5-6-18(24-7-3-4-8-24)11-21(16)27-22(19)26/h5-6,9-13H,3-4,7-8H2,1-2H3. The van der Waals surface area contributed by atoms with Gasteiger partial charge in [0.2, 0.25) is 0 Å². The molecule has 0 atom stereocenters. The van der Waals surface area contributed by atoms with Gasteiger partial charge < -0.3 is 13.7 Å². The highest BCUT2D eigenvalue weighted by molar-refractivity contribution is 5.85. The lowest BCUT2D eigenvalue weighted by molar-refractivity contribution is 0.563. The summed E-state index contributed by atoms with van der Waals surface area (Å²) in [6.45, 7) is 6.08. The van der Waals surface area contributed by atoms with Gasteiger partial charge in [0.1, 0.15) is 5.58 Å². The third kappa shape index (κ3) is 2.70. The van der Waals surface area contributed by atoms with Crippen molar-refractivity contribution in [2.45, 2.75) is 26.7 Å². The Balaban J connectivity index is 1.63. The summed E-state index contributed by atoms with van der Waals surface area (Å²) in [6.07, 6.45) is 6.37. The molecule has 5 nitrogen and oxygen atoms in total. The van der Waals surface area contributed by atoms with Crippen LogP contribution in [0.4, 0.5) is 5.69 Å². The second-order valence-corrected chi connectivity index (χ2v) is 7.35. The van der Waals surface area contributed by atoms with Gasteiger partial charge in [-0.25, -0.2) is 4.79 Å². The molecule has 0 spiro atoms. The Morgan fingerprint density at radius 2 is 1.85 bits per heavy atom. The van der Waals surface area contributed by atoms with Crippen molar-refractivity contribution in [1.82, 2.24) is 9.38 Å². The summed E-state index contributed by atoms with van der Waals surface area (Å²) in [5.41, 5.74) is 5.79. The minimum atomic E-state index is -0.306. The maximum absolute atomic E-state index is 12.7. The number of rotatable bonds is 2. The van der Waals surface area contributed by atoms with Crippen LogP contribution in [0.25, 0.3) is 27.6 Å². The smallest absolute Gasteiger partial charge is 0.344 e.